The van der Waals surface area contributed by atoms with Gasteiger partial charge in [0.25, 0.3) is 0 Å². The average molecular weight is 391 g/mol. The number of anilines is 1. The molecular weight excluding hydrogens is 364 g/mol. The zero-order valence-corrected chi connectivity index (χ0v) is 17.0. The molecule has 146 valence electrons. The molecule has 3 rings (SSSR count). The molecule has 7 nitrogen and oxygen atoms in total. The SMILES string of the molecule is CCS(=O)(=O)N1CCC[C@H]1c1nc(N(C)C)ncc1-c1cccc(OC)c1. The summed E-state index contributed by atoms with van der Waals surface area (Å²) in [5.74, 6) is 1.39. The lowest BCUT2D eigenvalue weighted by Gasteiger charge is -2.25. The minimum atomic E-state index is -3.31. The molecule has 1 atom stereocenters. The average Bonchev–Trinajstić information content (AvgIpc) is 3.18. The topological polar surface area (TPSA) is 75.6 Å². The van der Waals surface area contributed by atoms with Crippen LogP contribution in [0.3, 0.4) is 0 Å². The Morgan fingerprint density at radius 3 is 2.78 bits per heavy atom. The van der Waals surface area contributed by atoms with Crippen molar-refractivity contribution in [3.05, 3.63) is 36.2 Å². The summed E-state index contributed by atoms with van der Waals surface area (Å²) in [4.78, 5) is 11.0. The van der Waals surface area contributed by atoms with E-state index in [4.69, 9.17) is 9.72 Å². The van der Waals surface area contributed by atoms with Crippen LogP contribution in [0.25, 0.3) is 11.1 Å². The predicted octanol–water partition coefficient (Wildman–Crippen LogP) is 2.70. The molecule has 1 aromatic carbocycles. The van der Waals surface area contributed by atoms with Gasteiger partial charge in [-0.2, -0.15) is 4.31 Å². The maximum Gasteiger partial charge on any atom is 0.225 e. The minimum absolute atomic E-state index is 0.0869. The van der Waals surface area contributed by atoms with Gasteiger partial charge in [0.2, 0.25) is 16.0 Å². The first kappa shape index (κ1) is 19.6. The van der Waals surface area contributed by atoms with Crippen LogP contribution in [0.1, 0.15) is 31.5 Å². The van der Waals surface area contributed by atoms with Crippen LogP contribution in [-0.2, 0) is 10.0 Å². The number of benzene rings is 1. The highest BCUT2D eigenvalue weighted by atomic mass is 32.2. The largest absolute Gasteiger partial charge is 0.497 e. The standard InChI is InChI=1S/C19H26N4O3S/c1-5-27(24,25)23-11-7-10-17(23)18-16(13-20-19(21-18)22(2)3)14-8-6-9-15(12-14)26-4/h6,8-9,12-13,17H,5,7,10-11H2,1-4H3/t17-/m0/s1. The van der Waals surface area contributed by atoms with E-state index in [1.807, 2.05) is 43.3 Å². The van der Waals surface area contributed by atoms with Gasteiger partial charge < -0.3 is 9.64 Å². The molecule has 1 aliphatic rings. The first-order valence-corrected chi connectivity index (χ1v) is 10.7. The molecule has 0 saturated carbocycles. The third kappa shape index (κ3) is 3.91. The van der Waals surface area contributed by atoms with Crippen LogP contribution in [-0.4, -0.2) is 56.2 Å². The summed E-state index contributed by atoms with van der Waals surface area (Å²) >= 11 is 0. The molecule has 0 N–H and O–H groups in total. The molecule has 1 aromatic heterocycles. The second-order valence-corrected chi connectivity index (χ2v) is 8.97. The van der Waals surface area contributed by atoms with Gasteiger partial charge in [-0.15, -0.1) is 0 Å². The van der Waals surface area contributed by atoms with E-state index in [2.05, 4.69) is 4.98 Å². The first-order chi connectivity index (χ1) is 12.9. The summed E-state index contributed by atoms with van der Waals surface area (Å²) in [5, 5.41) is 0. The molecule has 27 heavy (non-hydrogen) atoms. The molecule has 0 unspecified atom stereocenters. The predicted molar refractivity (Wildman–Crippen MR) is 106 cm³/mol. The minimum Gasteiger partial charge on any atom is -0.497 e. The number of hydrogen-bond donors (Lipinski definition) is 0. The van der Waals surface area contributed by atoms with Crippen molar-refractivity contribution < 1.29 is 13.2 Å². The van der Waals surface area contributed by atoms with Crippen molar-refractivity contribution in [1.29, 1.82) is 0 Å². The molecule has 1 aliphatic heterocycles. The summed E-state index contributed by atoms with van der Waals surface area (Å²) in [6.45, 7) is 2.21. The lowest BCUT2D eigenvalue weighted by molar-refractivity contribution is 0.391. The highest BCUT2D eigenvalue weighted by Crippen LogP contribution is 2.39. The van der Waals surface area contributed by atoms with E-state index < -0.39 is 10.0 Å². The number of aromatic nitrogens is 2. The third-order valence-corrected chi connectivity index (χ3v) is 6.71. The van der Waals surface area contributed by atoms with Crippen molar-refractivity contribution in [2.45, 2.75) is 25.8 Å². The first-order valence-electron chi connectivity index (χ1n) is 9.05. The van der Waals surface area contributed by atoms with Crippen LogP contribution in [0, 0.1) is 0 Å². The monoisotopic (exact) mass is 390 g/mol. The summed E-state index contributed by atoms with van der Waals surface area (Å²) < 4.78 is 32.1. The number of ether oxygens (including phenoxy) is 1. The van der Waals surface area contributed by atoms with Crippen molar-refractivity contribution in [3.8, 4) is 16.9 Å². The molecule has 0 aliphatic carbocycles. The quantitative estimate of drug-likeness (QED) is 0.755. The van der Waals surface area contributed by atoms with Gasteiger partial charge in [-0.1, -0.05) is 12.1 Å². The van der Waals surface area contributed by atoms with Gasteiger partial charge >= 0.3 is 0 Å². The number of rotatable bonds is 6. The molecule has 0 amide bonds. The summed E-state index contributed by atoms with van der Waals surface area (Å²) in [6.07, 6.45) is 3.35. The van der Waals surface area contributed by atoms with E-state index in [9.17, 15) is 8.42 Å². The number of sulfonamides is 1. The van der Waals surface area contributed by atoms with E-state index in [1.54, 1.807) is 24.5 Å². The molecular formula is C19H26N4O3S. The maximum atomic E-state index is 12.6. The van der Waals surface area contributed by atoms with Crippen LogP contribution in [0.4, 0.5) is 5.95 Å². The zero-order chi connectivity index (χ0) is 19.6. The van der Waals surface area contributed by atoms with Crippen LogP contribution < -0.4 is 9.64 Å². The second kappa shape index (κ2) is 7.82. The number of nitrogens with zero attached hydrogens (tertiary/aromatic N) is 4. The Balaban J connectivity index is 2.15. The Morgan fingerprint density at radius 1 is 1.33 bits per heavy atom. The van der Waals surface area contributed by atoms with Crippen molar-refractivity contribution in [2.75, 3.05) is 38.4 Å². The summed E-state index contributed by atoms with van der Waals surface area (Å²) in [7, 11) is 2.07. The van der Waals surface area contributed by atoms with Crippen molar-refractivity contribution >= 4 is 16.0 Å². The second-order valence-electron chi connectivity index (χ2n) is 6.76. The zero-order valence-electron chi connectivity index (χ0n) is 16.2. The Kier molecular flexibility index (Phi) is 5.67. The number of methoxy groups -OCH3 is 1. The molecule has 0 bridgehead atoms. The highest BCUT2D eigenvalue weighted by Gasteiger charge is 2.36. The molecule has 0 spiro atoms. The molecule has 8 heteroatoms. The van der Waals surface area contributed by atoms with Gasteiger partial charge in [0.05, 0.1) is 24.6 Å². The van der Waals surface area contributed by atoms with Crippen LogP contribution in [0.5, 0.6) is 5.75 Å². The van der Waals surface area contributed by atoms with Crippen LogP contribution in [0.2, 0.25) is 0 Å². The normalized spacial score (nSPS) is 17.9. The van der Waals surface area contributed by atoms with Gasteiger partial charge in [-0.3, -0.25) is 0 Å². The Morgan fingerprint density at radius 2 is 2.11 bits per heavy atom. The van der Waals surface area contributed by atoms with Crippen molar-refractivity contribution in [1.82, 2.24) is 14.3 Å². The van der Waals surface area contributed by atoms with E-state index in [1.165, 1.54) is 0 Å². The fourth-order valence-corrected chi connectivity index (χ4v) is 4.71. The lowest BCUT2D eigenvalue weighted by atomic mass is 10.00. The molecule has 2 heterocycles. The van der Waals surface area contributed by atoms with Gasteiger partial charge in [0.1, 0.15) is 5.75 Å². The third-order valence-electron chi connectivity index (χ3n) is 4.83. The van der Waals surface area contributed by atoms with E-state index >= 15 is 0 Å². The Hall–Kier alpha value is -2.19. The van der Waals surface area contributed by atoms with Gasteiger partial charge in [0, 0.05) is 32.4 Å². The van der Waals surface area contributed by atoms with Crippen molar-refractivity contribution in [2.24, 2.45) is 0 Å². The van der Waals surface area contributed by atoms with Crippen molar-refractivity contribution in [3.63, 3.8) is 0 Å². The van der Waals surface area contributed by atoms with Gasteiger partial charge in [0.15, 0.2) is 0 Å². The summed E-state index contributed by atoms with van der Waals surface area (Å²) in [5.41, 5.74) is 2.49. The molecule has 1 saturated heterocycles. The van der Waals surface area contributed by atoms with Gasteiger partial charge in [-0.25, -0.2) is 18.4 Å². The van der Waals surface area contributed by atoms with E-state index in [0.717, 1.165) is 35.4 Å². The Bertz CT molecular complexity index is 915. The fourth-order valence-electron chi connectivity index (χ4n) is 3.38. The smallest absolute Gasteiger partial charge is 0.225 e. The Labute approximate surface area is 161 Å². The fraction of sp³-hybridized carbons (Fsp3) is 0.474. The lowest BCUT2D eigenvalue weighted by Crippen LogP contribution is -2.32. The molecule has 2 aromatic rings. The van der Waals surface area contributed by atoms with E-state index in [0.29, 0.717) is 12.5 Å². The molecule has 0 radical (unpaired) electrons. The van der Waals surface area contributed by atoms with E-state index in [-0.39, 0.29) is 11.8 Å². The maximum absolute atomic E-state index is 12.6. The van der Waals surface area contributed by atoms with Crippen LogP contribution >= 0.6 is 0 Å². The van der Waals surface area contributed by atoms with Gasteiger partial charge in [-0.05, 0) is 37.5 Å². The molecule has 1 fully saturated rings. The van der Waals surface area contributed by atoms with Crippen LogP contribution in [0.15, 0.2) is 30.5 Å². The number of hydrogen-bond acceptors (Lipinski definition) is 6. The summed E-state index contributed by atoms with van der Waals surface area (Å²) in [6, 6.07) is 7.39. The highest BCUT2D eigenvalue weighted by molar-refractivity contribution is 7.89.